The average Bonchev–Trinajstić information content (AvgIpc) is 2.96. The smallest absolute Gasteiger partial charge is 0.433 e. The molecule has 4 rings (SSSR count). The van der Waals surface area contributed by atoms with Crippen molar-refractivity contribution in [2.24, 2.45) is 0 Å². The van der Waals surface area contributed by atoms with Crippen molar-refractivity contribution in [2.45, 2.75) is 57.6 Å². The Morgan fingerprint density at radius 1 is 0.750 bits per heavy atom. The Morgan fingerprint density at radius 2 is 1.25 bits per heavy atom. The van der Waals surface area contributed by atoms with Gasteiger partial charge in [-0.2, -0.15) is 16.8 Å². The predicted octanol–water partition coefficient (Wildman–Crippen LogP) is 5.21. The summed E-state index contributed by atoms with van der Waals surface area (Å²) in [5.41, 5.74) is 0.663. The van der Waals surface area contributed by atoms with Gasteiger partial charge >= 0.3 is 26.8 Å². The molecule has 0 aliphatic carbocycles. The topological polar surface area (TPSA) is 150 Å². The van der Waals surface area contributed by atoms with Crippen molar-refractivity contribution >= 4 is 58.6 Å². The van der Waals surface area contributed by atoms with Crippen LogP contribution < -0.4 is 8.37 Å². The van der Waals surface area contributed by atoms with Crippen molar-refractivity contribution in [3.8, 4) is 11.5 Å². The first-order valence-electron chi connectivity index (χ1n) is 13.1. The molecule has 16 heteroatoms. The van der Waals surface area contributed by atoms with Crippen molar-refractivity contribution in [1.29, 1.82) is 0 Å². The molecule has 5 atom stereocenters. The molecule has 3 aromatic carbocycles. The summed E-state index contributed by atoms with van der Waals surface area (Å²) in [5.74, 6) is -0.951. The molecule has 1 saturated heterocycles. The fourth-order valence-electron chi connectivity index (χ4n) is 4.17. The maximum absolute atomic E-state index is 13.1. The largest absolute Gasteiger partial charge is 0.449 e. The molecule has 0 N–H and O–H groups in total. The van der Waals surface area contributed by atoms with Crippen LogP contribution in [0.15, 0.2) is 87.8 Å². The highest BCUT2D eigenvalue weighted by molar-refractivity contribution is 9.10. The van der Waals surface area contributed by atoms with E-state index in [9.17, 15) is 21.6 Å². The molecule has 2 unspecified atom stereocenters. The van der Waals surface area contributed by atoms with Crippen molar-refractivity contribution in [3.63, 3.8) is 0 Å². The fraction of sp³-hybridized carbons (Fsp3) is 0.321. The van der Waals surface area contributed by atoms with Gasteiger partial charge in [-0.3, -0.25) is 4.79 Å². The molecule has 0 amide bonds. The summed E-state index contributed by atoms with van der Waals surface area (Å²) < 4.78 is 92.1. The van der Waals surface area contributed by atoms with Crippen LogP contribution >= 0.6 is 31.9 Å². The molecule has 1 aliphatic rings. The number of benzene rings is 3. The monoisotopic (exact) mass is 778 g/mol. The number of carbonyl (C=O) groups excluding carboxylic acids is 1. The minimum absolute atomic E-state index is 0.0456. The average molecular weight is 780 g/mol. The molecule has 1 fully saturated rings. The highest BCUT2D eigenvalue weighted by Gasteiger charge is 2.53. The summed E-state index contributed by atoms with van der Waals surface area (Å²) in [6.45, 7) is 2.62. The molecule has 0 spiro atoms. The van der Waals surface area contributed by atoms with Gasteiger partial charge in [-0.1, -0.05) is 69.1 Å². The second kappa shape index (κ2) is 15.1. The quantitative estimate of drug-likeness (QED) is 0.210. The summed E-state index contributed by atoms with van der Waals surface area (Å²) in [7, 11) is -9.67. The molecule has 0 aromatic heterocycles. The van der Waals surface area contributed by atoms with Gasteiger partial charge in [0.1, 0.15) is 23.7 Å². The van der Waals surface area contributed by atoms with E-state index in [-0.39, 0.29) is 24.5 Å². The first kappa shape index (κ1) is 34.3. The number of esters is 1. The third-order valence-corrected chi connectivity index (χ3v) is 8.81. The van der Waals surface area contributed by atoms with E-state index < -0.39 is 57.5 Å². The van der Waals surface area contributed by atoms with Crippen LogP contribution in [0.4, 0.5) is 0 Å². The highest BCUT2D eigenvalue weighted by atomic mass is 79.9. The number of hydrogen-bond donors (Lipinski definition) is 0. The maximum atomic E-state index is 13.1. The van der Waals surface area contributed by atoms with E-state index in [2.05, 4.69) is 31.9 Å². The van der Waals surface area contributed by atoms with Gasteiger partial charge in [0.2, 0.25) is 6.29 Å². The summed E-state index contributed by atoms with van der Waals surface area (Å²) in [6.07, 6.45) is -7.42. The number of hydrogen-bond acceptors (Lipinski definition) is 12. The molecular formula is C28H28Br2O12S2. The second-order valence-electron chi connectivity index (χ2n) is 9.33. The molecule has 1 aliphatic heterocycles. The zero-order chi connectivity index (χ0) is 31.9. The minimum atomic E-state index is -4.88. The van der Waals surface area contributed by atoms with Crippen LogP contribution in [-0.4, -0.2) is 53.5 Å². The van der Waals surface area contributed by atoms with Crippen molar-refractivity contribution in [3.05, 3.63) is 93.4 Å². The summed E-state index contributed by atoms with van der Waals surface area (Å²) in [5, 5.41) is 0. The van der Waals surface area contributed by atoms with Crippen LogP contribution in [0.5, 0.6) is 11.5 Å². The summed E-state index contributed by atoms with van der Waals surface area (Å²) in [6, 6.07) is 20.6. The zero-order valence-electron chi connectivity index (χ0n) is 23.3. The SMILES string of the molecule is CC[C@@H]1O[C@H](OC(C)=O)C(OS(=O)(=O)Oc2ccc(Br)cc2)C(OCc2ccccc2)[C@@H]1OS(=O)(=O)Oc1ccc(Br)cc1. The summed E-state index contributed by atoms with van der Waals surface area (Å²) in [4.78, 5) is 12.0. The Hall–Kier alpha value is -2.57. The standard InChI is InChI=1S/C28H28Br2O12S2/c1-3-24-25(41-43(32,33)39-22-13-9-20(29)10-14-22)26(36-17-19-7-5-4-6-8-19)27(28(38-24)37-18(2)31)42-44(34,35)40-23-15-11-21(30)12-16-23/h4-16,24-28H,3,17H2,1-2H3/t24-,25+,26?,27?,28-/m0/s1. The van der Waals surface area contributed by atoms with E-state index in [0.717, 1.165) is 6.92 Å². The predicted molar refractivity (Wildman–Crippen MR) is 163 cm³/mol. The van der Waals surface area contributed by atoms with Crippen molar-refractivity contribution in [1.82, 2.24) is 0 Å². The number of carbonyl (C=O) groups is 1. The molecular weight excluding hydrogens is 752 g/mol. The molecule has 12 nitrogen and oxygen atoms in total. The lowest BCUT2D eigenvalue weighted by atomic mass is 9.97. The van der Waals surface area contributed by atoms with Gasteiger partial charge in [-0.15, -0.1) is 0 Å². The third-order valence-electron chi connectivity index (χ3n) is 6.04. The van der Waals surface area contributed by atoms with Crippen LogP contribution in [0.25, 0.3) is 0 Å². The number of halogens is 2. The Bertz CT molecular complexity index is 1600. The Kier molecular flexibility index (Phi) is 11.8. The van der Waals surface area contributed by atoms with E-state index in [0.29, 0.717) is 14.5 Å². The molecule has 0 radical (unpaired) electrons. The van der Waals surface area contributed by atoms with Gasteiger partial charge in [0.15, 0.2) is 6.10 Å². The van der Waals surface area contributed by atoms with E-state index in [1.54, 1.807) is 61.5 Å². The van der Waals surface area contributed by atoms with Crippen LogP contribution in [0.1, 0.15) is 25.8 Å². The van der Waals surface area contributed by atoms with Gasteiger partial charge in [0, 0.05) is 15.9 Å². The number of rotatable bonds is 13. The van der Waals surface area contributed by atoms with E-state index in [4.69, 9.17) is 30.9 Å². The second-order valence-corrected chi connectivity index (χ2v) is 13.5. The normalized spacial score (nSPS) is 22.2. The van der Waals surface area contributed by atoms with Gasteiger partial charge in [-0.05, 0) is 60.5 Å². The van der Waals surface area contributed by atoms with Crippen LogP contribution in [0.3, 0.4) is 0 Å². The lowest BCUT2D eigenvalue weighted by Crippen LogP contribution is -2.62. The Labute approximate surface area is 272 Å². The first-order valence-corrected chi connectivity index (χ1v) is 17.3. The Balaban J connectivity index is 1.69. The molecule has 3 aromatic rings. The lowest BCUT2D eigenvalue weighted by molar-refractivity contribution is -0.286. The van der Waals surface area contributed by atoms with E-state index >= 15 is 0 Å². The minimum Gasteiger partial charge on any atom is -0.433 e. The van der Waals surface area contributed by atoms with Gasteiger partial charge in [0.25, 0.3) is 0 Å². The van der Waals surface area contributed by atoms with Gasteiger partial charge in [-0.25, -0.2) is 8.37 Å². The van der Waals surface area contributed by atoms with Gasteiger partial charge in [0.05, 0.1) is 12.7 Å². The highest BCUT2D eigenvalue weighted by Crippen LogP contribution is 2.34. The zero-order valence-corrected chi connectivity index (χ0v) is 28.1. The summed E-state index contributed by atoms with van der Waals surface area (Å²) >= 11 is 6.52. The Morgan fingerprint density at radius 3 is 1.73 bits per heavy atom. The molecule has 1 heterocycles. The first-order chi connectivity index (χ1) is 20.8. The molecule has 0 saturated carbocycles. The van der Waals surface area contributed by atoms with Crippen LogP contribution in [-0.2, 0) is 54.8 Å². The van der Waals surface area contributed by atoms with Crippen molar-refractivity contribution in [2.75, 3.05) is 0 Å². The van der Waals surface area contributed by atoms with Crippen LogP contribution in [0, 0.1) is 0 Å². The van der Waals surface area contributed by atoms with E-state index in [1.807, 2.05) is 0 Å². The fourth-order valence-corrected chi connectivity index (χ4v) is 6.45. The third kappa shape index (κ3) is 9.97. The van der Waals surface area contributed by atoms with Crippen LogP contribution in [0.2, 0.25) is 0 Å². The number of ether oxygens (including phenoxy) is 3. The van der Waals surface area contributed by atoms with Gasteiger partial charge < -0.3 is 22.6 Å². The maximum Gasteiger partial charge on any atom is 0.449 e. The van der Waals surface area contributed by atoms with E-state index in [1.165, 1.54) is 24.3 Å². The lowest BCUT2D eigenvalue weighted by Gasteiger charge is -2.43. The van der Waals surface area contributed by atoms with Crippen molar-refractivity contribution < 1.29 is 52.6 Å². The molecule has 238 valence electrons. The molecule has 44 heavy (non-hydrogen) atoms. The molecule has 0 bridgehead atoms.